The number of hydrogen-bond acceptors (Lipinski definition) is 4. The number of hydrogen-bond donors (Lipinski definition) is 1. The quantitative estimate of drug-likeness (QED) is 0.915. The first-order chi connectivity index (χ1) is 10.6. The molecule has 0 aliphatic carbocycles. The van der Waals surface area contributed by atoms with Crippen molar-refractivity contribution in [1.29, 1.82) is 0 Å². The van der Waals surface area contributed by atoms with Crippen molar-refractivity contribution in [2.45, 2.75) is 31.4 Å². The maximum absolute atomic E-state index is 13.2. The topological polar surface area (TPSA) is 79.2 Å². The maximum Gasteiger partial charge on any atom is 0.326 e. The SMILES string of the molecule is O=C(O)[C@H]1CCCN1C(=O)C1CC(c2cccc(F)c2)=NO1. The minimum Gasteiger partial charge on any atom is -0.480 e. The Kier molecular flexibility index (Phi) is 3.79. The highest BCUT2D eigenvalue weighted by molar-refractivity contribution is 6.04. The number of carbonyl (C=O) groups is 2. The Labute approximate surface area is 126 Å². The van der Waals surface area contributed by atoms with Gasteiger partial charge in [-0.2, -0.15) is 0 Å². The summed E-state index contributed by atoms with van der Waals surface area (Å²) < 4.78 is 13.2. The van der Waals surface area contributed by atoms with Crippen LogP contribution in [0.1, 0.15) is 24.8 Å². The number of oxime groups is 1. The molecule has 0 aromatic heterocycles. The maximum atomic E-state index is 13.2. The number of halogens is 1. The Hall–Kier alpha value is -2.44. The third-order valence-corrected chi connectivity index (χ3v) is 3.92. The van der Waals surface area contributed by atoms with E-state index in [4.69, 9.17) is 9.94 Å². The summed E-state index contributed by atoms with van der Waals surface area (Å²) >= 11 is 0. The van der Waals surface area contributed by atoms with Crippen LogP contribution in [0.5, 0.6) is 0 Å². The highest BCUT2D eigenvalue weighted by atomic mass is 19.1. The van der Waals surface area contributed by atoms with E-state index in [1.54, 1.807) is 12.1 Å². The van der Waals surface area contributed by atoms with Crippen LogP contribution in [0.25, 0.3) is 0 Å². The van der Waals surface area contributed by atoms with Crippen molar-refractivity contribution in [3.63, 3.8) is 0 Å². The first-order valence-electron chi connectivity index (χ1n) is 7.08. The van der Waals surface area contributed by atoms with E-state index in [9.17, 15) is 14.0 Å². The van der Waals surface area contributed by atoms with Crippen LogP contribution in [0.2, 0.25) is 0 Å². The summed E-state index contributed by atoms with van der Waals surface area (Å²) in [4.78, 5) is 30.0. The molecule has 0 radical (unpaired) electrons. The van der Waals surface area contributed by atoms with E-state index < -0.39 is 18.1 Å². The van der Waals surface area contributed by atoms with Crippen molar-refractivity contribution in [2.24, 2.45) is 5.16 Å². The lowest BCUT2D eigenvalue weighted by molar-refractivity contribution is -0.153. The normalized spacial score (nSPS) is 24.0. The summed E-state index contributed by atoms with van der Waals surface area (Å²) in [5.41, 5.74) is 1.05. The lowest BCUT2D eigenvalue weighted by atomic mass is 10.0. The van der Waals surface area contributed by atoms with Gasteiger partial charge in [0.2, 0.25) is 6.10 Å². The Morgan fingerprint density at radius 2 is 2.23 bits per heavy atom. The van der Waals surface area contributed by atoms with Gasteiger partial charge in [0.25, 0.3) is 5.91 Å². The number of amides is 1. The summed E-state index contributed by atoms with van der Waals surface area (Å²) in [6, 6.07) is 5.10. The molecule has 1 N–H and O–H groups in total. The lowest BCUT2D eigenvalue weighted by Crippen LogP contribution is -2.45. The summed E-state index contributed by atoms with van der Waals surface area (Å²) in [7, 11) is 0. The summed E-state index contributed by atoms with van der Waals surface area (Å²) in [6.45, 7) is 0.408. The van der Waals surface area contributed by atoms with Crippen LogP contribution in [0.15, 0.2) is 29.4 Å². The molecule has 22 heavy (non-hydrogen) atoms. The van der Waals surface area contributed by atoms with Crippen molar-refractivity contribution in [3.05, 3.63) is 35.6 Å². The number of carbonyl (C=O) groups excluding carboxylic acids is 1. The molecule has 2 atom stereocenters. The van der Waals surface area contributed by atoms with Crippen LogP contribution < -0.4 is 0 Å². The molecule has 1 aromatic rings. The van der Waals surface area contributed by atoms with E-state index in [-0.39, 0.29) is 18.1 Å². The van der Waals surface area contributed by atoms with E-state index in [1.807, 2.05) is 0 Å². The molecule has 116 valence electrons. The molecule has 1 unspecified atom stereocenters. The van der Waals surface area contributed by atoms with Crippen molar-refractivity contribution in [2.75, 3.05) is 6.54 Å². The Bertz CT molecular complexity index is 646. The molecule has 2 aliphatic heterocycles. The van der Waals surface area contributed by atoms with E-state index in [1.165, 1.54) is 17.0 Å². The predicted octanol–water partition coefficient (Wildman–Crippen LogP) is 1.39. The third-order valence-electron chi connectivity index (χ3n) is 3.92. The molecule has 3 rings (SSSR count). The first-order valence-corrected chi connectivity index (χ1v) is 7.08. The number of rotatable bonds is 3. The standard InChI is InChI=1S/C15H15FN2O4/c16-10-4-1-3-9(7-10)11-8-13(22-17-11)14(19)18-6-2-5-12(18)15(20)21/h1,3-4,7,12-13H,2,5-6,8H2,(H,20,21)/t12-,13?/m1/s1. The van der Waals surface area contributed by atoms with Gasteiger partial charge in [0, 0.05) is 18.5 Å². The minimum absolute atomic E-state index is 0.213. The molecule has 2 heterocycles. The van der Waals surface area contributed by atoms with Crippen molar-refractivity contribution < 1.29 is 23.9 Å². The van der Waals surface area contributed by atoms with Gasteiger partial charge < -0.3 is 14.8 Å². The van der Waals surface area contributed by atoms with Crippen molar-refractivity contribution in [3.8, 4) is 0 Å². The Morgan fingerprint density at radius 1 is 1.41 bits per heavy atom. The number of benzene rings is 1. The fourth-order valence-corrected chi connectivity index (χ4v) is 2.82. The average molecular weight is 306 g/mol. The first kappa shape index (κ1) is 14.5. The molecule has 0 spiro atoms. The molecule has 2 aliphatic rings. The minimum atomic E-state index is -1.00. The number of aliphatic carboxylic acids is 1. The third kappa shape index (κ3) is 2.66. The zero-order valence-corrected chi connectivity index (χ0v) is 11.7. The Morgan fingerprint density at radius 3 is 2.95 bits per heavy atom. The largest absolute Gasteiger partial charge is 0.480 e. The molecule has 6 nitrogen and oxygen atoms in total. The van der Waals surface area contributed by atoms with Gasteiger partial charge >= 0.3 is 5.97 Å². The second-order valence-electron chi connectivity index (χ2n) is 5.37. The van der Waals surface area contributed by atoms with Gasteiger partial charge in [-0.1, -0.05) is 17.3 Å². The molecule has 1 saturated heterocycles. The average Bonchev–Trinajstić information content (AvgIpc) is 3.16. The molecule has 0 bridgehead atoms. The zero-order chi connectivity index (χ0) is 15.7. The van der Waals surface area contributed by atoms with Crippen LogP contribution >= 0.6 is 0 Å². The van der Waals surface area contributed by atoms with E-state index in [2.05, 4.69) is 5.16 Å². The Balaban J connectivity index is 1.69. The highest BCUT2D eigenvalue weighted by Gasteiger charge is 2.40. The number of nitrogens with zero attached hydrogens (tertiary/aromatic N) is 2. The monoisotopic (exact) mass is 306 g/mol. The molecule has 1 fully saturated rings. The van der Waals surface area contributed by atoms with E-state index in [0.29, 0.717) is 30.7 Å². The van der Waals surface area contributed by atoms with Crippen LogP contribution in [-0.2, 0) is 14.4 Å². The van der Waals surface area contributed by atoms with Gasteiger partial charge in [-0.05, 0) is 25.0 Å². The van der Waals surface area contributed by atoms with Crippen molar-refractivity contribution in [1.82, 2.24) is 4.90 Å². The molecular weight excluding hydrogens is 291 g/mol. The fourth-order valence-electron chi connectivity index (χ4n) is 2.82. The molecule has 7 heteroatoms. The van der Waals surface area contributed by atoms with Crippen LogP contribution in [0, 0.1) is 5.82 Å². The van der Waals surface area contributed by atoms with Crippen LogP contribution in [-0.4, -0.2) is 46.3 Å². The molecule has 0 saturated carbocycles. The fraction of sp³-hybridized carbons (Fsp3) is 0.400. The molecule has 1 amide bonds. The summed E-state index contributed by atoms with van der Waals surface area (Å²) in [5.74, 6) is -1.77. The van der Waals surface area contributed by atoms with Gasteiger partial charge in [-0.3, -0.25) is 4.79 Å². The number of likely N-dealkylation sites (tertiary alicyclic amines) is 1. The van der Waals surface area contributed by atoms with Gasteiger partial charge in [-0.15, -0.1) is 0 Å². The van der Waals surface area contributed by atoms with E-state index >= 15 is 0 Å². The summed E-state index contributed by atoms with van der Waals surface area (Å²) in [5, 5.41) is 13.0. The second-order valence-corrected chi connectivity index (χ2v) is 5.37. The van der Waals surface area contributed by atoms with Crippen LogP contribution in [0.4, 0.5) is 4.39 Å². The van der Waals surface area contributed by atoms with Crippen LogP contribution in [0.3, 0.4) is 0 Å². The van der Waals surface area contributed by atoms with Gasteiger partial charge in [0.1, 0.15) is 11.9 Å². The van der Waals surface area contributed by atoms with E-state index in [0.717, 1.165) is 0 Å². The lowest BCUT2D eigenvalue weighted by Gasteiger charge is -2.23. The molecule has 1 aromatic carbocycles. The predicted molar refractivity (Wildman–Crippen MR) is 74.8 cm³/mol. The number of carboxylic acid groups (broad SMARTS) is 1. The smallest absolute Gasteiger partial charge is 0.326 e. The van der Waals surface area contributed by atoms with Gasteiger partial charge in [-0.25, -0.2) is 9.18 Å². The van der Waals surface area contributed by atoms with Gasteiger partial charge in [0.05, 0.1) is 5.71 Å². The zero-order valence-electron chi connectivity index (χ0n) is 11.7. The highest BCUT2D eigenvalue weighted by Crippen LogP contribution is 2.24. The molecular formula is C15H15FN2O4. The number of carboxylic acids is 1. The van der Waals surface area contributed by atoms with Crippen molar-refractivity contribution >= 4 is 17.6 Å². The van der Waals surface area contributed by atoms with Gasteiger partial charge in [0.15, 0.2) is 0 Å². The second kappa shape index (κ2) is 5.75. The summed E-state index contributed by atoms with van der Waals surface area (Å²) in [6.07, 6.45) is 0.488.